The molecule has 0 saturated carbocycles. The van der Waals surface area contributed by atoms with E-state index >= 15 is 0 Å². The van der Waals surface area contributed by atoms with Crippen molar-refractivity contribution < 1.29 is 19.1 Å². The third kappa shape index (κ3) is 6.69. The van der Waals surface area contributed by atoms with Crippen LogP contribution in [0.2, 0.25) is 0 Å². The van der Waals surface area contributed by atoms with Gasteiger partial charge in [-0.2, -0.15) is 0 Å². The Morgan fingerprint density at radius 3 is 2.51 bits per heavy atom. The second-order valence-electron chi connectivity index (χ2n) is 8.63. The zero-order chi connectivity index (χ0) is 24.6. The number of carbonyl (C=O) groups excluding carboxylic acids is 3. The molecule has 0 unspecified atom stereocenters. The normalized spacial score (nSPS) is 15.1. The summed E-state index contributed by atoms with van der Waals surface area (Å²) in [5.74, 6) is -0.291. The van der Waals surface area contributed by atoms with Gasteiger partial charge in [0.1, 0.15) is 5.75 Å². The molecular formula is C28H29N3O4. The number of nitrogens with zero attached hydrogens (tertiary/aromatic N) is 1. The predicted molar refractivity (Wildman–Crippen MR) is 135 cm³/mol. The molecule has 0 bridgehead atoms. The summed E-state index contributed by atoms with van der Waals surface area (Å²) in [7, 11) is 0. The van der Waals surface area contributed by atoms with Gasteiger partial charge in [0.15, 0.2) is 6.61 Å². The Labute approximate surface area is 205 Å². The first-order valence-electron chi connectivity index (χ1n) is 11.7. The molecule has 0 radical (unpaired) electrons. The third-order valence-corrected chi connectivity index (χ3v) is 5.87. The van der Waals surface area contributed by atoms with Crippen LogP contribution in [-0.2, 0) is 20.8 Å². The maximum absolute atomic E-state index is 12.6. The zero-order valence-corrected chi connectivity index (χ0v) is 19.7. The lowest BCUT2D eigenvalue weighted by Gasteiger charge is -2.17. The van der Waals surface area contributed by atoms with Crippen LogP contribution in [0.4, 0.5) is 11.4 Å². The van der Waals surface area contributed by atoms with Gasteiger partial charge >= 0.3 is 0 Å². The highest BCUT2D eigenvalue weighted by atomic mass is 16.5. The molecule has 180 valence electrons. The highest BCUT2D eigenvalue weighted by Crippen LogP contribution is 2.27. The third-order valence-electron chi connectivity index (χ3n) is 5.87. The summed E-state index contributed by atoms with van der Waals surface area (Å²) in [5, 5.41) is 5.75. The Morgan fingerprint density at radius 1 is 1.00 bits per heavy atom. The van der Waals surface area contributed by atoms with Crippen LogP contribution < -0.4 is 20.3 Å². The molecule has 7 heteroatoms. The van der Waals surface area contributed by atoms with E-state index in [-0.39, 0.29) is 36.7 Å². The number of nitrogens with one attached hydrogen (secondary N) is 2. The van der Waals surface area contributed by atoms with Crippen molar-refractivity contribution in [2.24, 2.45) is 5.92 Å². The molecule has 3 aromatic rings. The zero-order valence-electron chi connectivity index (χ0n) is 19.7. The summed E-state index contributed by atoms with van der Waals surface area (Å²) in [6.07, 6.45) is 0.940. The molecular weight excluding hydrogens is 442 g/mol. The van der Waals surface area contributed by atoms with E-state index in [1.165, 1.54) is 0 Å². The average molecular weight is 472 g/mol. The highest BCUT2D eigenvalue weighted by molar-refractivity contribution is 6.00. The minimum Gasteiger partial charge on any atom is -0.484 e. The van der Waals surface area contributed by atoms with Gasteiger partial charge in [0, 0.05) is 30.9 Å². The minimum atomic E-state index is -0.375. The van der Waals surface area contributed by atoms with Crippen molar-refractivity contribution in [3.05, 3.63) is 90.0 Å². The summed E-state index contributed by atoms with van der Waals surface area (Å²) < 4.78 is 5.58. The van der Waals surface area contributed by atoms with Gasteiger partial charge in [-0.3, -0.25) is 14.4 Å². The SMILES string of the molecule is Cc1cccc(NC(=O)COc2ccc(N3C[C@H](C(=O)NCCc4ccccc4)CC3=O)cc2)c1. The van der Waals surface area contributed by atoms with Gasteiger partial charge < -0.3 is 20.3 Å². The van der Waals surface area contributed by atoms with Crippen LogP contribution in [0.15, 0.2) is 78.9 Å². The van der Waals surface area contributed by atoms with E-state index in [2.05, 4.69) is 10.6 Å². The predicted octanol–water partition coefficient (Wildman–Crippen LogP) is 3.72. The summed E-state index contributed by atoms with van der Waals surface area (Å²) in [4.78, 5) is 38.9. The lowest BCUT2D eigenvalue weighted by atomic mass is 10.1. The maximum Gasteiger partial charge on any atom is 0.262 e. The highest BCUT2D eigenvalue weighted by Gasteiger charge is 2.34. The second kappa shape index (κ2) is 11.3. The van der Waals surface area contributed by atoms with Crippen LogP contribution >= 0.6 is 0 Å². The Morgan fingerprint density at radius 2 is 1.77 bits per heavy atom. The summed E-state index contributed by atoms with van der Waals surface area (Å²) >= 11 is 0. The largest absolute Gasteiger partial charge is 0.484 e. The summed E-state index contributed by atoms with van der Waals surface area (Å²) in [6.45, 7) is 2.72. The molecule has 1 aliphatic heterocycles. The number of hydrogen-bond acceptors (Lipinski definition) is 4. The van der Waals surface area contributed by atoms with Gasteiger partial charge in [-0.15, -0.1) is 0 Å². The molecule has 7 nitrogen and oxygen atoms in total. The summed E-state index contributed by atoms with van der Waals surface area (Å²) in [6, 6.07) is 24.5. The van der Waals surface area contributed by atoms with Gasteiger partial charge in [0.05, 0.1) is 5.92 Å². The standard InChI is InChI=1S/C28H29N3O4/c1-20-6-5-9-23(16-20)30-26(32)19-35-25-12-10-24(11-13-25)31-18-22(17-27(31)33)28(34)29-15-14-21-7-3-2-4-8-21/h2-13,16,22H,14-15,17-19H2,1H3,(H,29,34)(H,30,32)/t22-/m1/s1. The van der Waals surface area contributed by atoms with Gasteiger partial charge in [-0.05, 0) is 60.9 Å². The molecule has 1 fully saturated rings. The fourth-order valence-corrected chi connectivity index (χ4v) is 4.04. The van der Waals surface area contributed by atoms with E-state index in [0.717, 1.165) is 23.2 Å². The van der Waals surface area contributed by atoms with Gasteiger partial charge in [0.25, 0.3) is 5.91 Å². The van der Waals surface area contributed by atoms with Crippen molar-refractivity contribution in [3.63, 3.8) is 0 Å². The van der Waals surface area contributed by atoms with Crippen LogP contribution in [0, 0.1) is 12.8 Å². The van der Waals surface area contributed by atoms with Gasteiger partial charge in [0.2, 0.25) is 11.8 Å². The lowest BCUT2D eigenvalue weighted by molar-refractivity contribution is -0.126. The molecule has 0 aromatic heterocycles. The number of hydrogen-bond donors (Lipinski definition) is 2. The van der Waals surface area contributed by atoms with Crippen LogP contribution in [0.25, 0.3) is 0 Å². The first kappa shape index (κ1) is 24.0. The lowest BCUT2D eigenvalue weighted by Crippen LogP contribution is -2.34. The minimum absolute atomic E-state index is 0.0839. The molecule has 0 spiro atoms. The van der Waals surface area contributed by atoms with E-state index in [1.807, 2.05) is 61.5 Å². The van der Waals surface area contributed by atoms with Crippen molar-refractivity contribution in [1.29, 1.82) is 0 Å². The number of rotatable bonds is 9. The van der Waals surface area contributed by atoms with E-state index < -0.39 is 0 Å². The van der Waals surface area contributed by atoms with Crippen molar-refractivity contribution >= 4 is 29.1 Å². The Balaban J connectivity index is 1.24. The van der Waals surface area contributed by atoms with E-state index in [0.29, 0.717) is 24.5 Å². The van der Waals surface area contributed by atoms with E-state index in [9.17, 15) is 14.4 Å². The first-order chi connectivity index (χ1) is 17.0. The smallest absolute Gasteiger partial charge is 0.262 e. The number of aryl methyl sites for hydroxylation is 1. The van der Waals surface area contributed by atoms with Crippen LogP contribution in [-0.4, -0.2) is 37.4 Å². The molecule has 1 saturated heterocycles. The monoisotopic (exact) mass is 471 g/mol. The van der Waals surface area contributed by atoms with E-state index in [1.54, 1.807) is 29.2 Å². The van der Waals surface area contributed by atoms with Gasteiger partial charge in [-0.25, -0.2) is 0 Å². The molecule has 3 amide bonds. The molecule has 1 atom stereocenters. The van der Waals surface area contributed by atoms with Crippen molar-refractivity contribution in [2.45, 2.75) is 19.8 Å². The fourth-order valence-electron chi connectivity index (χ4n) is 4.04. The molecule has 35 heavy (non-hydrogen) atoms. The topological polar surface area (TPSA) is 87.7 Å². The number of ether oxygens (including phenoxy) is 1. The number of amides is 3. The Bertz CT molecular complexity index is 1180. The average Bonchev–Trinajstić information content (AvgIpc) is 3.25. The van der Waals surface area contributed by atoms with E-state index in [4.69, 9.17) is 4.74 Å². The van der Waals surface area contributed by atoms with Crippen molar-refractivity contribution in [1.82, 2.24) is 5.32 Å². The number of carbonyl (C=O) groups is 3. The number of anilines is 2. The second-order valence-corrected chi connectivity index (χ2v) is 8.63. The summed E-state index contributed by atoms with van der Waals surface area (Å²) in [5.41, 5.74) is 3.64. The molecule has 3 aromatic carbocycles. The van der Waals surface area contributed by atoms with Crippen LogP contribution in [0.1, 0.15) is 17.5 Å². The van der Waals surface area contributed by atoms with Crippen molar-refractivity contribution in [3.8, 4) is 5.75 Å². The first-order valence-corrected chi connectivity index (χ1v) is 11.7. The number of benzene rings is 3. The fraction of sp³-hybridized carbons (Fsp3) is 0.250. The molecule has 2 N–H and O–H groups in total. The maximum atomic E-state index is 12.6. The van der Waals surface area contributed by atoms with Gasteiger partial charge in [-0.1, -0.05) is 42.5 Å². The Hall–Kier alpha value is -4.13. The molecule has 1 aliphatic rings. The molecule has 1 heterocycles. The molecule has 0 aliphatic carbocycles. The quantitative estimate of drug-likeness (QED) is 0.498. The van der Waals surface area contributed by atoms with Crippen LogP contribution in [0.3, 0.4) is 0 Å². The Kier molecular flexibility index (Phi) is 7.77. The molecule has 4 rings (SSSR count). The van der Waals surface area contributed by atoms with Crippen molar-refractivity contribution in [2.75, 3.05) is 29.9 Å². The van der Waals surface area contributed by atoms with Crippen LogP contribution in [0.5, 0.6) is 5.75 Å².